The van der Waals surface area contributed by atoms with Crippen molar-refractivity contribution in [1.29, 1.82) is 0 Å². The molecule has 0 spiro atoms. The van der Waals surface area contributed by atoms with Gasteiger partial charge in [-0.1, -0.05) is 54.1 Å². The van der Waals surface area contributed by atoms with Gasteiger partial charge in [-0.15, -0.1) is 0 Å². The van der Waals surface area contributed by atoms with Gasteiger partial charge < -0.3 is 29.7 Å². The molecule has 0 bridgehead atoms. The molecule has 1 heterocycles. The van der Waals surface area contributed by atoms with Crippen LogP contribution in [0.5, 0.6) is 5.75 Å². The van der Waals surface area contributed by atoms with Gasteiger partial charge in [0.15, 0.2) is 0 Å². The van der Waals surface area contributed by atoms with E-state index in [4.69, 9.17) is 21.1 Å². The average molecular weight is 649 g/mol. The molecule has 2 N–H and O–H groups in total. The summed E-state index contributed by atoms with van der Waals surface area (Å²) in [6.07, 6.45) is 2.66. The number of anilines is 1. The molecule has 0 unspecified atom stereocenters. The van der Waals surface area contributed by atoms with Crippen LogP contribution in [0.4, 0.5) is 10.5 Å². The van der Waals surface area contributed by atoms with Gasteiger partial charge in [-0.3, -0.25) is 14.5 Å². The highest BCUT2D eigenvalue weighted by atomic mass is 35.5. The van der Waals surface area contributed by atoms with Gasteiger partial charge in [0, 0.05) is 42.8 Å². The summed E-state index contributed by atoms with van der Waals surface area (Å²) in [6.45, 7) is 2.92. The van der Waals surface area contributed by atoms with Crippen molar-refractivity contribution in [2.24, 2.45) is 0 Å². The van der Waals surface area contributed by atoms with Gasteiger partial charge in [0.05, 0.1) is 33.5 Å². The lowest BCUT2D eigenvalue weighted by molar-refractivity contribution is -0.136. The number of alkyl carbamates (subject to hydrolysis) is 1. The third-order valence-electron chi connectivity index (χ3n) is 8.00. The molecule has 0 radical (unpaired) electrons. The second-order valence-corrected chi connectivity index (χ2v) is 11.8. The summed E-state index contributed by atoms with van der Waals surface area (Å²) in [6, 6.07) is 22.5. The van der Waals surface area contributed by atoms with Crippen LogP contribution in [-0.2, 0) is 38.6 Å². The van der Waals surface area contributed by atoms with E-state index in [0.29, 0.717) is 62.3 Å². The first kappa shape index (κ1) is 33.2. The van der Waals surface area contributed by atoms with Crippen molar-refractivity contribution in [3.05, 3.63) is 94.5 Å². The SMILES string of the molecule is COC(=O)NCCc1ccc(Cl)c(CN(C(=O)[C@H]2CNCC(=O)N2c2ccc(OCCCOCc3ccccc3)cc2)C2CC2)c1. The minimum atomic E-state index is -0.693. The molecule has 10 nitrogen and oxygen atoms in total. The van der Waals surface area contributed by atoms with Crippen molar-refractivity contribution in [3.63, 3.8) is 0 Å². The number of hydrogen-bond acceptors (Lipinski definition) is 7. The number of methoxy groups -OCH3 is 1. The van der Waals surface area contributed by atoms with Gasteiger partial charge >= 0.3 is 6.09 Å². The molecule has 3 aromatic carbocycles. The number of hydrogen-bond donors (Lipinski definition) is 2. The summed E-state index contributed by atoms with van der Waals surface area (Å²) in [5.74, 6) is 0.406. The fourth-order valence-electron chi connectivity index (χ4n) is 5.44. The standard InChI is InChI=1S/C35H41ClN4O6/c1-44-35(43)38-17-16-25-8-15-31(36)27(20-25)23-39(28-9-10-28)34(42)32-21-37-22-33(41)40(32)29-11-13-30(14-12-29)46-19-5-18-45-24-26-6-3-2-4-7-26/h2-4,6-8,11-15,20,28,32,37H,5,9-10,16-19,21-24H2,1H3,(H,38,43)/t32-/m1/s1. The predicted molar refractivity (Wildman–Crippen MR) is 176 cm³/mol. The summed E-state index contributed by atoms with van der Waals surface area (Å²) in [4.78, 5) is 42.2. The van der Waals surface area contributed by atoms with Gasteiger partial charge in [-0.05, 0) is 66.3 Å². The molecule has 46 heavy (non-hydrogen) atoms. The predicted octanol–water partition coefficient (Wildman–Crippen LogP) is 4.72. The Kier molecular flexibility index (Phi) is 11.9. The Morgan fingerprint density at radius 3 is 2.54 bits per heavy atom. The van der Waals surface area contributed by atoms with Crippen LogP contribution in [0, 0.1) is 0 Å². The van der Waals surface area contributed by atoms with Crippen LogP contribution in [-0.4, -0.2) is 74.8 Å². The number of ether oxygens (including phenoxy) is 3. The fourth-order valence-corrected chi connectivity index (χ4v) is 5.62. The first-order valence-corrected chi connectivity index (χ1v) is 16.1. The summed E-state index contributed by atoms with van der Waals surface area (Å²) >= 11 is 6.59. The van der Waals surface area contributed by atoms with Crippen molar-refractivity contribution in [2.45, 2.75) is 50.9 Å². The van der Waals surface area contributed by atoms with Crippen molar-refractivity contribution < 1.29 is 28.6 Å². The second-order valence-electron chi connectivity index (χ2n) is 11.4. The van der Waals surface area contributed by atoms with E-state index in [2.05, 4.69) is 15.4 Å². The number of piperazine rings is 1. The molecule has 1 atom stereocenters. The van der Waals surface area contributed by atoms with Crippen LogP contribution >= 0.6 is 11.6 Å². The molecule has 1 aliphatic carbocycles. The van der Waals surface area contributed by atoms with E-state index >= 15 is 0 Å². The summed E-state index contributed by atoms with van der Waals surface area (Å²) < 4.78 is 16.3. The fraction of sp³-hybridized carbons (Fsp3) is 0.400. The molecular formula is C35H41ClN4O6. The molecule has 5 rings (SSSR count). The average Bonchev–Trinajstić information content (AvgIpc) is 3.92. The topological polar surface area (TPSA) is 109 Å². The molecule has 11 heteroatoms. The van der Waals surface area contributed by atoms with Crippen molar-refractivity contribution in [3.8, 4) is 5.75 Å². The van der Waals surface area contributed by atoms with Crippen LogP contribution < -0.4 is 20.3 Å². The van der Waals surface area contributed by atoms with E-state index in [1.54, 1.807) is 4.90 Å². The molecule has 3 aromatic rings. The highest BCUT2D eigenvalue weighted by Crippen LogP contribution is 2.33. The Morgan fingerprint density at radius 2 is 1.80 bits per heavy atom. The Balaban J connectivity index is 1.19. The number of nitrogens with zero attached hydrogens (tertiary/aromatic N) is 2. The molecule has 244 valence electrons. The molecule has 3 amide bonds. The third-order valence-corrected chi connectivity index (χ3v) is 8.37. The quantitative estimate of drug-likeness (QED) is 0.230. The minimum Gasteiger partial charge on any atom is -0.494 e. The maximum atomic E-state index is 14.1. The summed E-state index contributed by atoms with van der Waals surface area (Å²) in [5, 5.41) is 6.37. The lowest BCUT2D eigenvalue weighted by Crippen LogP contribution is -2.61. The second kappa shape index (κ2) is 16.4. The molecule has 1 saturated carbocycles. The van der Waals surface area contributed by atoms with Gasteiger partial charge in [0.1, 0.15) is 11.8 Å². The van der Waals surface area contributed by atoms with E-state index in [1.165, 1.54) is 7.11 Å². The van der Waals surface area contributed by atoms with Crippen molar-refractivity contribution in [1.82, 2.24) is 15.5 Å². The largest absolute Gasteiger partial charge is 0.494 e. The number of carbonyl (C=O) groups is 3. The lowest BCUT2D eigenvalue weighted by atomic mass is 10.1. The van der Waals surface area contributed by atoms with Gasteiger partial charge in [0.25, 0.3) is 0 Å². The van der Waals surface area contributed by atoms with E-state index in [1.807, 2.05) is 77.7 Å². The normalized spacial score (nSPS) is 16.2. The summed E-state index contributed by atoms with van der Waals surface area (Å²) in [5.41, 5.74) is 3.60. The van der Waals surface area contributed by atoms with E-state index < -0.39 is 12.1 Å². The number of nitrogens with one attached hydrogen (secondary N) is 2. The van der Waals surface area contributed by atoms with Gasteiger partial charge in [-0.2, -0.15) is 0 Å². The van der Waals surface area contributed by atoms with Crippen LogP contribution in [0.15, 0.2) is 72.8 Å². The lowest BCUT2D eigenvalue weighted by Gasteiger charge is -2.38. The highest BCUT2D eigenvalue weighted by Gasteiger charge is 2.41. The van der Waals surface area contributed by atoms with Gasteiger partial charge in [-0.25, -0.2) is 4.79 Å². The van der Waals surface area contributed by atoms with Crippen LogP contribution in [0.2, 0.25) is 5.02 Å². The maximum Gasteiger partial charge on any atom is 0.406 e. The van der Waals surface area contributed by atoms with Crippen LogP contribution in [0.25, 0.3) is 0 Å². The Morgan fingerprint density at radius 1 is 1.02 bits per heavy atom. The van der Waals surface area contributed by atoms with E-state index in [-0.39, 0.29) is 24.4 Å². The zero-order valence-electron chi connectivity index (χ0n) is 26.1. The number of rotatable bonds is 15. The van der Waals surface area contributed by atoms with Crippen LogP contribution in [0.3, 0.4) is 0 Å². The molecule has 2 aliphatic rings. The molecule has 0 aromatic heterocycles. The van der Waals surface area contributed by atoms with Crippen molar-refractivity contribution >= 4 is 35.2 Å². The first-order chi connectivity index (χ1) is 22.4. The Bertz CT molecular complexity index is 1470. The Labute approximate surface area is 274 Å². The highest BCUT2D eigenvalue weighted by molar-refractivity contribution is 6.31. The third kappa shape index (κ3) is 9.22. The first-order valence-electron chi connectivity index (χ1n) is 15.7. The Hall–Kier alpha value is -4.12. The number of benzene rings is 3. The molecule has 1 aliphatic heterocycles. The summed E-state index contributed by atoms with van der Waals surface area (Å²) in [7, 11) is 1.33. The zero-order chi connectivity index (χ0) is 32.3. The molecule has 2 fully saturated rings. The van der Waals surface area contributed by atoms with Crippen molar-refractivity contribution in [2.75, 3.05) is 44.9 Å². The number of amides is 3. The molecule has 1 saturated heterocycles. The minimum absolute atomic E-state index is 0.0968. The monoisotopic (exact) mass is 648 g/mol. The smallest absolute Gasteiger partial charge is 0.406 e. The van der Waals surface area contributed by atoms with Gasteiger partial charge in [0.2, 0.25) is 11.8 Å². The van der Waals surface area contributed by atoms with E-state index in [9.17, 15) is 14.4 Å². The maximum absolute atomic E-state index is 14.1. The molecular weight excluding hydrogens is 608 g/mol. The number of carbonyl (C=O) groups excluding carboxylic acids is 3. The number of halogens is 1. The zero-order valence-corrected chi connectivity index (χ0v) is 26.8. The van der Waals surface area contributed by atoms with Crippen LogP contribution in [0.1, 0.15) is 36.0 Å². The van der Waals surface area contributed by atoms with E-state index in [0.717, 1.165) is 36.0 Å².